The van der Waals surface area contributed by atoms with Gasteiger partial charge in [-0.2, -0.15) is 13.2 Å². The van der Waals surface area contributed by atoms with Crippen LogP contribution in [0.2, 0.25) is 0 Å². The molecule has 39 heavy (non-hydrogen) atoms. The topological polar surface area (TPSA) is 94.2 Å². The Hall–Kier alpha value is -3.80. The Bertz CT molecular complexity index is 1220. The van der Waals surface area contributed by atoms with Gasteiger partial charge in [0.25, 0.3) is 5.91 Å². The SMILES string of the molecule is O=C(Nc1ccc(C(F)(F)F)cc1)Nc1ccc(N2CCN(C(=O)C3CC3)CC2)c(C(=O)N2CCOCC2)c1. The second kappa shape index (κ2) is 11.1. The van der Waals surface area contributed by atoms with E-state index in [9.17, 15) is 27.6 Å². The molecule has 2 N–H and O–H groups in total. The summed E-state index contributed by atoms with van der Waals surface area (Å²) in [6.07, 6.45) is -2.55. The number of piperazine rings is 1. The number of hydrogen-bond donors (Lipinski definition) is 2. The van der Waals surface area contributed by atoms with E-state index in [0.717, 1.165) is 30.7 Å². The molecule has 9 nitrogen and oxygen atoms in total. The molecule has 1 saturated carbocycles. The summed E-state index contributed by atoms with van der Waals surface area (Å²) in [6, 6.07) is 8.54. The van der Waals surface area contributed by atoms with Crippen molar-refractivity contribution >= 4 is 34.9 Å². The summed E-state index contributed by atoms with van der Waals surface area (Å²) in [7, 11) is 0. The molecular weight excluding hydrogens is 515 g/mol. The first-order chi connectivity index (χ1) is 18.7. The average molecular weight is 546 g/mol. The van der Waals surface area contributed by atoms with E-state index in [-0.39, 0.29) is 23.4 Å². The molecule has 3 aliphatic rings. The molecule has 0 radical (unpaired) electrons. The molecule has 0 atom stereocenters. The minimum atomic E-state index is -4.47. The van der Waals surface area contributed by atoms with Crippen molar-refractivity contribution in [3.63, 3.8) is 0 Å². The second-order valence-electron chi connectivity index (χ2n) is 9.88. The van der Waals surface area contributed by atoms with Crippen LogP contribution in [-0.4, -0.2) is 80.1 Å². The number of nitrogens with one attached hydrogen (secondary N) is 2. The van der Waals surface area contributed by atoms with Crippen molar-refractivity contribution in [1.29, 1.82) is 0 Å². The highest BCUT2D eigenvalue weighted by Gasteiger charge is 2.35. The van der Waals surface area contributed by atoms with Crippen LogP contribution in [0.15, 0.2) is 42.5 Å². The normalized spacial score (nSPS) is 18.1. The predicted molar refractivity (Wildman–Crippen MR) is 139 cm³/mol. The highest BCUT2D eigenvalue weighted by atomic mass is 19.4. The molecule has 0 unspecified atom stereocenters. The summed E-state index contributed by atoms with van der Waals surface area (Å²) < 4.78 is 43.8. The molecule has 0 spiro atoms. The van der Waals surface area contributed by atoms with Crippen molar-refractivity contribution < 1.29 is 32.3 Å². The third kappa shape index (κ3) is 6.44. The highest BCUT2D eigenvalue weighted by molar-refractivity contribution is 6.04. The summed E-state index contributed by atoms with van der Waals surface area (Å²) >= 11 is 0. The third-order valence-corrected chi connectivity index (χ3v) is 7.11. The number of morpholine rings is 1. The number of halogens is 3. The summed E-state index contributed by atoms with van der Waals surface area (Å²) in [5, 5.41) is 5.18. The van der Waals surface area contributed by atoms with Gasteiger partial charge < -0.3 is 30.1 Å². The van der Waals surface area contributed by atoms with Crippen LogP contribution in [-0.2, 0) is 15.7 Å². The first-order valence-electron chi connectivity index (χ1n) is 13.0. The number of nitrogens with zero attached hydrogens (tertiary/aromatic N) is 3. The largest absolute Gasteiger partial charge is 0.416 e. The fraction of sp³-hybridized carbons (Fsp3) is 0.444. The Morgan fingerprint density at radius 3 is 2.03 bits per heavy atom. The lowest BCUT2D eigenvalue weighted by Gasteiger charge is -2.37. The number of ether oxygens (including phenoxy) is 1. The van der Waals surface area contributed by atoms with Gasteiger partial charge in [-0.15, -0.1) is 0 Å². The van der Waals surface area contributed by atoms with E-state index in [0.29, 0.717) is 63.7 Å². The van der Waals surface area contributed by atoms with Gasteiger partial charge in [0.15, 0.2) is 0 Å². The van der Waals surface area contributed by atoms with Crippen molar-refractivity contribution in [2.75, 3.05) is 68.0 Å². The first kappa shape index (κ1) is 26.8. The lowest BCUT2D eigenvalue weighted by atomic mass is 10.1. The lowest BCUT2D eigenvalue weighted by molar-refractivity contribution is -0.137. The minimum Gasteiger partial charge on any atom is -0.378 e. The molecule has 2 heterocycles. The molecule has 2 aromatic carbocycles. The molecule has 0 aromatic heterocycles. The molecule has 1 aliphatic carbocycles. The van der Waals surface area contributed by atoms with Gasteiger partial charge in [0.05, 0.1) is 24.3 Å². The van der Waals surface area contributed by atoms with Gasteiger partial charge in [-0.05, 0) is 55.3 Å². The summed E-state index contributed by atoms with van der Waals surface area (Å²) in [4.78, 5) is 44.3. The molecule has 208 valence electrons. The predicted octanol–water partition coefficient (Wildman–Crippen LogP) is 3.88. The number of carbonyl (C=O) groups excluding carboxylic acids is 3. The fourth-order valence-electron chi connectivity index (χ4n) is 4.79. The number of amides is 4. The van der Waals surface area contributed by atoms with Crippen LogP contribution in [0.4, 0.5) is 35.0 Å². The van der Waals surface area contributed by atoms with Crippen molar-refractivity contribution in [2.24, 2.45) is 5.92 Å². The molecule has 2 aromatic rings. The van der Waals surface area contributed by atoms with Gasteiger partial charge in [0.1, 0.15) is 0 Å². The van der Waals surface area contributed by atoms with Gasteiger partial charge in [-0.1, -0.05) is 0 Å². The van der Waals surface area contributed by atoms with Crippen LogP contribution in [0.1, 0.15) is 28.8 Å². The number of benzene rings is 2. The number of anilines is 3. The molecular formula is C27H30F3N5O4. The number of carbonyl (C=O) groups is 3. The van der Waals surface area contributed by atoms with E-state index >= 15 is 0 Å². The average Bonchev–Trinajstić information content (AvgIpc) is 3.78. The standard InChI is InChI=1S/C27H30F3N5O4/c28-27(29,30)19-3-5-20(6-4-19)31-26(38)32-21-7-8-23(22(17-21)25(37)35-13-15-39-16-14-35)33-9-11-34(12-10-33)24(36)18-1-2-18/h3-8,17-18H,1-2,9-16H2,(H2,31,32,38). The van der Waals surface area contributed by atoms with E-state index in [2.05, 4.69) is 15.5 Å². The molecule has 5 rings (SSSR count). The van der Waals surface area contributed by atoms with E-state index in [1.165, 1.54) is 12.1 Å². The molecule has 3 fully saturated rings. The Labute approximate surface area is 223 Å². The minimum absolute atomic E-state index is 0.161. The van der Waals surface area contributed by atoms with E-state index < -0.39 is 17.8 Å². The Kier molecular flexibility index (Phi) is 7.65. The summed E-state index contributed by atoms with van der Waals surface area (Å²) in [6.45, 7) is 4.12. The quantitative estimate of drug-likeness (QED) is 0.595. The third-order valence-electron chi connectivity index (χ3n) is 7.11. The highest BCUT2D eigenvalue weighted by Crippen LogP contribution is 2.33. The zero-order valence-electron chi connectivity index (χ0n) is 21.3. The van der Waals surface area contributed by atoms with Gasteiger partial charge in [-0.25, -0.2) is 4.79 Å². The number of alkyl halides is 3. The van der Waals surface area contributed by atoms with Crippen molar-refractivity contribution in [3.8, 4) is 0 Å². The second-order valence-corrected chi connectivity index (χ2v) is 9.88. The maximum absolute atomic E-state index is 13.5. The Balaban J connectivity index is 1.30. The first-order valence-corrected chi connectivity index (χ1v) is 13.0. The Morgan fingerprint density at radius 1 is 0.795 bits per heavy atom. The molecule has 2 saturated heterocycles. The lowest BCUT2D eigenvalue weighted by Crippen LogP contribution is -2.50. The Morgan fingerprint density at radius 2 is 1.41 bits per heavy atom. The molecule has 2 aliphatic heterocycles. The van der Waals surface area contributed by atoms with Crippen molar-refractivity contribution in [2.45, 2.75) is 19.0 Å². The molecule has 4 amide bonds. The molecule has 12 heteroatoms. The smallest absolute Gasteiger partial charge is 0.378 e. The van der Waals surface area contributed by atoms with Crippen LogP contribution in [0.5, 0.6) is 0 Å². The summed E-state index contributed by atoms with van der Waals surface area (Å²) in [5.74, 6) is 0.184. The van der Waals surface area contributed by atoms with Gasteiger partial charge >= 0.3 is 12.2 Å². The van der Waals surface area contributed by atoms with E-state index in [1.807, 2.05) is 4.90 Å². The number of urea groups is 1. The van der Waals surface area contributed by atoms with Crippen LogP contribution in [0.25, 0.3) is 0 Å². The van der Waals surface area contributed by atoms with E-state index in [1.54, 1.807) is 23.1 Å². The van der Waals surface area contributed by atoms with Gasteiger partial charge in [-0.3, -0.25) is 9.59 Å². The maximum Gasteiger partial charge on any atom is 0.416 e. The molecule has 0 bridgehead atoms. The van der Waals surface area contributed by atoms with Crippen LogP contribution < -0.4 is 15.5 Å². The maximum atomic E-state index is 13.5. The van der Waals surface area contributed by atoms with Crippen LogP contribution in [0.3, 0.4) is 0 Å². The number of rotatable bonds is 5. The van der Waals surface area contributed by atoms with Crippen LogP contribution in [0, 0.1) is 5.92 Å². The van der Waals surface area contributed by atoms with Crippen LogP contribution >= 0.6 is 0 Å². The van der Waals surface area contributed by atoms with Gasteiger partial charge in [0.2, 0.25) is 5.91 Å². The zero-order valence-corrected chi connectivity index (χ0v) is 21.3. The summed E-state index contributed by atoms with van der Waals surface area (Å²) in [5.41, 5.74) is 0.889. The van der Waals surface area contributed by atoms with E-state index in [4.69, 9.17) is 4.74 Å². The zero-order chi connectivity index (χ0) is 27.6. The number of hydrogen-bond acceptors (Lipinski definition) is 5. The fourth-order valence-corrected chi connectivity index (χ4v) is 4.79. The van der Waals surface area contributed by atoms with Crippen molar-refractivity contribution in [3.05, 3.63) is 53.6 Å². The van der Waals surface area contributed by atoms with Gasteiger partial charge in [0, 0.05) is 62.2 Å². The monoisotopic (exact) mass is 545 g/mol. The van der Waals surface area contributed by atoms with Crippen molar-refractivity contribution in [1.82, 2.24) is 9.80 Å².